The maximum atomic E-state index is 5.41. The van der Waals surface area contributed by atoms with E-state index in [4.69, 9.17) is 9.15 Å². The van der Waals surface area contributed by atoms with Crippen LogP contribution >= 0.6 is 0 Å². The first kappa shape index (κ1) is 10.6. The van der Waals surface area contributed by atoms with Crippen molar-refractivity contribution < 1.29 is 9.15 Å². The number of anilines is 1. The predicted octanol–water partition coefficient (Wildman–Crippen LogP) is 2.66. The number of fused-ring (bicyclic) bond motifs is 1. The monoisotopic (exact) mass is 232 g/mol. The summed E-state index contributed by atoms with van der Waals surface area (Å²) in [6, 6.07) is 4.19. The second-order valence-electron chi connectivity index (χ2n) is 4.55. The highest BCUT2D eigenvalue weighted by molar-refractivity contribution is 5.87. The van der Waals surface area contributed by atoms with Gasteiger partial charge in [-0.3, -0.25) is 0 Å². The first-order valence-electron chi connectivity index (χ1n) is 6.01. The highest BCUT2D eigenvalue weighted by atomic mass is 16.5. The van der Waals surface area contributed by atoms with E-state index in [0.717, 1.165) is 36.4 Å². The predicted molar refractivity (Wildman–Crippen MR) is 66.0 cm³/mol. The Labute approximate surface area is 100.0 Å². The molecule has 2 atom stereocenters. The van der Waals surface area contributed by atoms with E-state index in [1.54, 1.807) is 12.5 Å². The zero-order chi connectivity index (χ0) is 11.7. The average molecular weight is 232 g/mol. The van der Waals surface area contributed by atoms with Crippen LogP contribution in [-0.4, -0.2) is 24.2 Å². The zero-order valence-corrected chi connectivity index (χ0v) is 9.85. The molecule has 4 nitrogen and oxygen atoms in total. The molecule has 2 unspecified atom stereocenters. The summed E-state index contributed by atoms with van der Waals surface area (Å²) in [5.41, 5.74) is 0.873. The van der Waals surface area contributed by atoms with E-state index < -0.39 is 0 Å². The van der Waals surface area contributed by atoms with E-state index in [0.29, 0.717) is 12.0 Å². The van der Waals surface area contributed by atoms with Crippen LogP contribution in [0, 0.1) is 5.92 Å². The van der Waals surface area contributed by atoms with E-state index in [1.807, 2.05) is 12.1 Å². The Morgan fingerprint density at radius 1 is 1.47 bits per heavy atom. The number of nitrogens with one attached hydrogen (secondary N) is 1. The summed E-state index contributed by atoms with van der Waals surface area (Å²) in [5, 5.41) is 4.50. The number of aromatic nitrogens is 1. The minimum atomic E-state index is 0.366. The van der Waals surface area contributed by atoms with Crippen LogP contribution in [0.3, 0.4) is 0 Å². The van der Waals surface area contributed by atoms with Gasteiger partial charge < -0.3 is 14.5 Å². The van der Waals surface area contributed by atoms with E-state index in [2.05, 4.69) is 17.2 Å². The van der Waals surface area contributed by atoms with Crippen molar-refractivity contribution in [2.45, 2.75) is 19.4 Å². The number of nitrogens with zero attached hydrogens (tertiary/aromatic N) is 1. The van der Waals surface area contributed by atoms with Gasteiger partial charge in [-0.15, -0.1) is 0 Å². The van der Waals surface area contributed by atoms with Gasteiger partial charge >= 0.3 is 0 Å². The Hall–Kier alpha value is -1.55. The molecule has 3 heterocycles. The summed E-state index contributed by atoms with van der Waals surface area (Å²) in [6.45, 7) is 3.90. The van der Waals surface area contributed by atoms with Crippen LogP contribution in [0.4, 0.5) is 5.82 Å². The lowest BCUT2D eigenvalue weighted by molar-refractivity contribution is 0.183. The number of ether oxygens (including phenoxy) is 1. The minimum Gasteiger partial charge on any atom is -0.464 e. The molecule has 0 aromatic carbocycles. The molecule has 0 radical (unpaired) electrons. The molecule has 0 spiro atoms. The Morgan fingerprint density at radius 2 is 2.41 bits per heavy atom. The van der Waals surface area contributed by atoms with E-state index >= 15 is 0 Å². The number of furan rings is 1. The zero-order valence-electron chi connectivity index (χ0n) is 9.85. The van der Waals surface area contributed by atoms with Gasteiger partial charge in [-0.05, 0) is 25.5 Å². The van der Waals surface area contributed by atoms with Crippen molar-refractivity contribution in [1.82, 2.24) is 4.98 Å². The number of pyridine rings is 1. The summed E-state index contributed by atoms with van der Waals surface area (Å²) in [4.78, 5) is 4.38. The van der Waals surface area contributed by atoms with Crippen LogP contribution < -0.4 is 5.32 Å². The molecule has 90 valence electrons. The molecule has 0 aliphatic carbocycles. The minimum absolute atomic E-state index is 0.366. The molecule has 1 aliphatic heterocycles. The topological polar surface area (TPSA) is 47.3 Å². The number of hydrogen-bond donors (Lipinski definition) is 1. The fourth-order valence-corrected chi connectivity index (χ4v) is 2.29. The third-order valence-electron chi connectivity index (χ3n) is 3.42. The van der Waals surface area contributed by atoms with E-state index in [1.165, 1.54) is 0 Å². The van der Waals surface area contributed by atoms with Crippen molar-refractivity contribution in [3.05, 3.63) is 24.6 Å². The Kier molecular flexibility index (Phi) is 2.73. The van der Waals surface area contributed by atoms with Crippen molar-refractivity contribution in [3.63, 3.8) is 0 Å². The van der Waals surface area contributed by atoms with Crippen molar-refractivity contribution in [2.24, 2.45) is 5.92 Å². The van der Waals surface area contributed by atoms with Crippen molar-refractivity contribution in [1.29, 1.82) is 0 Å². The summed E-state index contributed by atoms with van der Waals surface area (Å²) in [6.07, 6.45) is 4.59. The highest BCUT2D eigenvalue weighted by Gasteiger charge is 2.22. The van der Waals surface area contributed by atoms with Gasteiger partial charge in [0.1, 0.15) is 11.4 Å². The van der Waals surface area contributed by atoms with Crippen LogP contribution in [0.25, 0.3) is 11.0 Å². The molecule has 0 amide bonds. The Bertz CT molecular complexity index is 503. The molecule has 17 heavy (non-hydrogen) atoms. The fourth-order valence-electron chi connectivity index (χ4n) is 2.29. The molecule has 0 bridgehead atoms. The second-order valence-corrected chi connectivity index (χ2v) is 4.55. The quantitative estimate of drug-likeness (QED) is 0.883. The molecule has 2 aromatic rings. The van der Waals surface area contributed by atoms with Crippen molar-refractivity contribution in [3.8, 4) is 0 Å². The maximum absolute atomic E-state index is 5.41. The molecule has 0 saturated carbocycles. The van der Waals surface area contributed by atoms with Crippen LogP contribution in [-0.2, 0) is 4.74 Å². The lowest BCUT2D eigenvalue weighted by Crippen LogP contribution is -2.26. The standard InChI is InChI=1S/C13H16N2O2/c1-9(10-3-6-16-8-10)15-13-11-4-7-17-12(11)2-5-14-13/h2,4-5,7,9-10H,3,6,8H2,1H3,(H,14,15). The van der Waals surface area contributed by atoms with Gasteiger partial charge in [-0.25, -0.2) is 4.98 Å². The molecule has 1 saturated heterocycles. The summed E-state index contributed by atoms with van der Waals surface area (Å²) in [7, 11) is 0. The SMILES string of the molecule is CC(Nc1nccc2occc12)C1CCOC1. The Balaban J connectivity index is 1.81. The molecule has 3 rings (SSSR count). The van der Waals surface area contributed by atoms with Gasteiger partial charge in [0.2, 0.25) is 0 Å². The lowest BCUT2D eigenvalue weighted by atomic mass is 10.0. The molecule has 1 aliphatic rings. The average Bonchev–Trinajstić information content (AvgIpc) is 3.00. The van der Waals surface area contributed by atoms with E-state index in [-0.39, 0.29) is 0 Å². The molecule has 4 heteroatoms. The van der Waals surface area contributed by atoms with Crippen molar-refractivity contribution in [2.75, 3.05) is 18.5 Å². The van der Waals surface area contributed by atoms with Crippen molar-refractivity contribution >= 4 is 16.8 Å². The van der Waals surface area contributed by atoms with Gasteiger partial charge in [0.25, 0.3) is 0 Å². The summed E-state index contributed by atoms with van der Waals surface area (Å²) in [5.74, 6) is 1.47. The smallest absolute Gasteiger partial charge is 0.139 e. The molecule has 1 N–H and O–H groups in total. The third kappa shape index (κ3) is 2.00. The van der Waals surface area contributed by atoms with Gasteiger partial charge in [0.05, 0.1) is 18.3 Å². The number of hydrogen-bond acceptors (Lipinski definition) is 4. The lowest BCUT2D eigenvalue weighted by Gasteiger charge is -2.20. The van der Waals surface area contributed by atoms with E-state index in [9.17, 15) is 0 Å². The molecule has 2 aromatic heterocycles. The molecular formula is C13H16N2O2. The second kappa shape index (κ2) is 4.37. The number of rotatable bonds is 3. The summed E-state index contributed by atoms with van der Waals surface area (Å²) >= 11 is 0. The summed E-state index contributed by atoms with van der Waals surface area (Å²) < 4.78 is 10.8. The first-order valence-corrected chi connectivity index (χ1v) is 6.01. The Morgan fingerprint density at radius 3 is 3.24 bits per heavy atom. The van der Waals surface area contributed by atoms with Crippen LogP contribution in [0.15, 0.2) is 29.0 Å². The van der Waals surface area contributed by atoms with Gasteiger partial charge in [-0.1, -0.05) is 0 Å². The fraction of sp³-hybridized carbons (Fsp3) is 0.462. The first-order chi connectivity index (χ1) is 8.34. The van der Waals surface area contributed by atoms with Gasteiger partial charge in [0.15, 0.2) is 0 Å². The highest BCUT2D eigenvalue weighted by Crippen LogP contribution is 2.25. The van der Waals surface area contributed by atoms with Crippen LogP contribution in [0.5, 0.6) is 0 Å². The third-order valence-corrected chi connectivity index (χ3v) is 3.42. The van der Waals surface area contributed by atoms with Crippen LogP contribution in [0.2, 0.25) is 0 Å². The molecular weight excluding hydrogens is 216 g/mol. The van der Waals surface area contributed by atoms with Crippen LogP contribution in [0.1, 0.15) is 13.3 Å². The largest absolute Gasteiger partial charge is 0.464 e. The maximum Gasteiger partial charge on any atom is 0.139 e. The van der Waals surface area contributed by atoms with Gasteiger partial charge in [0, 0.05) is 24.8 Å². The molecule has 1 fully saturated rings. The van der Waals surface area contributed by atoms with Gasteiger partial charge in [-0.2, -0.15) is 0 Å². The normalized spacial score (nSPS) is 21.8.